The molecule has 0 bridgehead atoms. The van der Waals surface area contributed by atoms with Crippen LogP contribution in [0.2, 0.25) is 0 Å². The molecule has 0 aliphatic carbocycles. The second-order valence-electron chi connectivity index (χ2n) is 6.69. The Kier molecular flexibility index (Phi) is 5.57. The lowest BCUT2D eigenvalue weighted by Crippen LogP contribution is -2.36. The predicted molar refractivity (Wildman–Crippen MR) is 113 cm³/mol. The molecule has 1 fully saturated rings. The van der Waals surface area contributed by atoms with Crippen molar-refractivity contribution < 1.29 is 4.79 Å². The molecule has 2 N–H and O–H groups in total. The van der Waals surface area contributed by atoms with E-state index >= 15 is 0 Å². The molecule has 0 saturated carbocycles. The fourth-order valence-electron chi connectivity index (χ4n) is 3.25. The molecule has 3 heterocycles. The summed E-state index contributed by atoms with van der Waals surface area (Å²) in [6.45, 7) is 4.85. The minimum absolute atomic E-state index is 0.212. The largest absolute Gasteiger partial charge is 0.357 e. The van der Waals surface area contributed by atoms with Gasteiger partial charge in [-0.15, -0.1) is 11.3 Å². The number of fused-ring (bicyclic) bond motifs is 1. The minimum atomic E-state index is 0.212. The summed E-state index contributed by atoms with van der Waals surface area (Å²) in [6, 6.07) is 8.09. The Labute approximate surface area is 168 Å². The first kappa shape index (κ1) is 18.5. The lowest BCUT2D eigenvalue weighted by atomic mass is 10.2. The number of carbonyl (C=O) groups excluding carboxylic acids is 1. The van der Waals surface area contributed by atoms with Crippen molar-refractivity contribution in [3.8, 4) is 0 Å². The van der Waals surface area contributed by atoms with Crippen molar-refractivity contribution >= 4 is 33.9 Å². The fraction of sp³-hybridized carbons (Fsp3) is 0.350. The van der Waals surface area contributed by atoms with E-state index in [0.717, 1.165) is 47.4 Å². The predicted octanol–water partition coefficient (Wildman–Crippen LogP) is 2.78. The number of amides is 1. The average molecular weight is 397 g/mol. The van der Waals surface area contributed by atoms with Crippen molar-refractivity contribution in [2.75, 3.05) is 18.0 Å². The number of thiazole rings is 1. The van der Waals surface area contributed by atoms with Crippen LogP contribution in [0.4, 0.5) is 5.69 Å². The van der Waals surface area contributed by atoms with Gasteiger partial charge in [-0.25, -0.2) is 9.98 Å². The maximum atomic E-state index is 11.9. The average Bonchev–Trinajstić information content (AvgIpc) is 3.41. The van der Waals surface area contributed by atoms with Crippen LogP contribution in [0.25, 0.3) is 4.96 Å². The Morgan fingerprint density at radius 1 is 1.29 bits per heavy atom. The topological polar surface area (TPSA) is 74.0 Å². The van der Waals surface area contributed by atoms with Gasteiger partial charge in [-0.2, -0.15) is 0 Å². The smallest absolute Gasteiger partial charge is 0.227 e. The Morgan fingerprint density at radius 2 is 2.14 bits per heavy atom. The number of nitrogens with one attached hydrogen (secondary N) is 2. The normalized spacial score (nSPS) is 14.8. The Hall–Kier alpha value is -2.87. The van der Waals surface area contributed by atoms with E-state index < -0.39 is 0 Å². The number of aliphatic imine (C=N–C) groups is 1. The molecule has 1 aromatic carbocycles. The van der Waals surface area contributed by atoms with Crippen molar-refractivity contribution in [1.29, 1.82) is 0 Å². The van der Waals surface area contributed by atoms with Gasteiger partial charge in [0.25, 0.3) is 0 Å². The van der Waals surface area contributed by atoms with Crippen molar-refractivity contribution in [3.63, 3.8) is 0 Å². The molecule has 7 nitrogen and oxygen atoms in total. The molecule has 28 heavy (non-hydrogen) atoms. The molecule has 1 aliphatic rings. The number of imidazole rings is 1. The highest BCUT2D eigenvalue weighted by Gasteiger charge is 2.21. The highest BCUT2D eigenvalue weighted by Crippen LogP contribution is 2.21. The molecule has 8 heteroatoms. The van der Waals surface area contributed by atoms with Crippen molar-refractivity contribution in [2.45, 2.75) is 32.9 Å². The van der Waals surface area contributed by atoms with E-state index in [2.05, 4.69) is 20.6 Å². The highest BCUT2D eigenvalue weighted by molar-refractivity contribution is 7.15. The van der Waals surface area contributed by atoms with Crippen molar-refractivity contribution in [3.05, 3.63) is 53.3 Å². The van der Waals surface area contributed by atoms with E-state index in [4.69, 9.17) is 0 Å². The van der Waals surface area contributed by atoms with Crippen molar-refractivity contribution in [2.24, 2.45) is 4.99 Å². The molecule has 0 spiro atoms. The first-order valence-corrected chi connectivity index (χ1v) is 10.4. The van der Waals surface area contributed by atoms with Crippen LogP contribution in [0.1, 0.15) is 31.0 Å². The highest BCUT2D eigenvalue weighted by atomic mass is 32.1. The molecule has 1 aliphatic heterocycles. The van der Waals surface area contributed by atoms with Crippen LogP contribution in [0.5, 0.6) is 0 Å². The first-order chi connectivity index (χ1) is 13.7. The number of benzene rings is 1. The molecule has 3 aromatic rings. The van der Waals surface area contributed by atoms with Gasteiger partial charge >= 0.3 is 0 Å². The van der Waals surface area contributed by atoms with Crippen LogP contribution in [-0.4, -0.2) is 34.3 Å². The third kappa shape index (κ3) is 4.17. The van der Waals surface area contributed by atoms with Gasteiger partial charge in [-0.05, 0) is 31.0 Å². The number of rotatable bonds is 6. The van der Waals surface area contributed by atoms with Crippen LogP contribution < -0.4 is 15.5 Å². The van der Waals surface area contributed by atoms with Crippen LogP contribution in [0.15, 0.2) is 47.0 Å². The summed E-state index contributed by atoms with van der Waals surface area (Å²) >= 11 is 1.62. The minimum Gasteiger partial charge on any atom is -0.357 e. The maximum absolute atomic E-state index is 11.9. The molecule has 0 atom stereocenters. The molecule has 1 saturated heterocycles. The number of anilines is 1. The van der Waals surface area contributed by atoms with Crippen LogP contribution in [0, 0.1) is 0 Å². The van der Waals surface area contributed by atoms with E-state index in [0.29, 0.717) is 19.5 Å². The third-order valence-corrected chi connectivity index (χ3v) is 5.44. The lowest BCUT2D eigenvalue weighted by molar-refractivity contribution is -0.117. The van der Waals surface area contributed by atoms with Crippen LogP contribution >= 0.6 is 11.3 Å². The molecule has 146 valence electrons. The number of nitrogens with zero attached hydrogens (tertiary/aromatic N) is 4. The van der Waals surface area contributed by atoms with Gasteiger partial charge < -0.3 is 15.5 Å². The van der Waals surface area contributed by atoms with E-state index in [1.165, 1.54) is 0 Å². The van der Waals surface area contributed by atoms with E-state index in [1.807, 2.05) is 58.3 Å². The van der Waals surface area contributed by atoms with Gasteiger partial charge in [-0.3, -0.25) is 9.20 Å². The van der Waals surface area contributed by atoms with Crippen LogP contribution in [0.3, 0.4) is 0 Å². The van der Waals surface area contributed by atoms with E-state index in [9.17, 15) is 4.79 Å². The van der Waals surface area contributed by atoms with Gasteiger partial charge in [0.2, 0.25) is 5.91 Å². The number of hydrogen-bond acceptors (Lipinski definition) is 4. The third-order valence-electron chi connectivity index (χ3n) is 4.67. The number of aromatic nitrogens is 2. The first-order valence-electron chi connectivity index (χ1n) is 9.55. The summed E-state index contributed by atoms with van der Waals surface area (Å²) in [6.07, 6.45) is 5.63. The van der Waals surface area contributed by atoms with E-state index in [1.54, 1.807) is 11.3 Å². The summed E-state index contributed by atoms with van der Waals surface area (Å²) in [5, 5.41) is 8.63. The maximum Gasteiger partial charge on any atom is 0.227 e. The summed E-state index contributed by atoms with van der Waals surface area (Å²) in [5.41, 5.74) is 3.06. The molecule has 2 aromatic heterocycles. The second-order valence-corrected chi connectivity index (χ2v) is 7.56. The molecule has 1 amide bonds. The zero-order valence-corrected chi connectivity index (χ0v) is 16.7. The summed E-state index contributed by atoms with van der Waals surface area (Å²) < 4.78 is 2.03. The van der Waals surface area contributed by atoms with Gasteiger partial charge in [0, 0.05) is 43.0 Å². The quantitative estimate of drug-likeness (QED) is 0.496. The zero-order chi connectivity index (χ0) is 19.3. The standard InChI is InChI=1S/C20H24N6OS/c1-2-21-19(23-13-16-14-25-10-11-28-20(25)24-16)22-12-15-5-7-17(8-6-15)26-9-3-4-18(26)27/h5-8,10-11,14H,2-4,9,12-13H2,1H3,(H2,21,22,23). The van der Waals surface area contributed by atoms with Gasteiger partial charge in [0.05, 0.1) is 18.8 Å². The van der Waals surface area contributed by atoms with Crippen LogP contribution in [-0.2, 0) is 17.9 Å². The van der Waals surface area contributed by atoms with Gasteiger partial charge in [0.15, 0.2) is 10.9 Å². The summed E-state index contributed by atoms with van der Waals surface area (Å²) in [4.78, 5) is 24.0. The fourth-order valence-corrected chi connectivity index (χ4v) is 3.97. The number of guanidine groups is 1. The molecule has 0 radical (unpaired) electrons. The SMILES string of the molecule is CCNC(=NCc1ccc(N2CCCC2=O)cc1)NCc1cn2ccsc2n1. The Bertz CT molecular complexity index is 946. The van der Waals surface area contributed by atoms with Gasteiger partial charge in [0.1, 0.15) is 0 Å². The van der Waals surface area contributed by atoms with E-state index in [-0.39, 0.29) is 5.91 Å². The monoisotopic (exact) mass is 396 g/mol. The number of hydrogen-bond donors (Lipinski definition) is 2. The molecular formula is C20H24N6OS. The Morgan fingerprint density at radius 3 is 2.86 bits per heavy atom. The van der Waals surface area contributed by atoms with Crippen molar-refractivity contribution in [1.82, 2.24) is 20.0 Å². The molecule has 4 rings (SSSR count). The van der Waals surface area contributed by atoms with Gasteiger partial charge in [-0.1, -0.05) is 12.1 Å². The summed E-state index contributed by atoms with van der Waals surface area (Å²) in [7, 11) is 0. The summed E-state index contributed by atoms with van der Waals surface area (Å²) in [5.74, 6) is 0.973. The Balaban J connectivity index is 1.37. The molecular weight excluding hydrogens is 372 g/mol. The number of carbonyl (C=O) groups is 1. The molecule has 0 unspecified atom stereocenters. The lowest BCUT2D eigenvalue weighted by Gasteiger charge is -2.15. The second kappa shape index (κ2) is 8.43. The zero-order valence-electron chi connectivity index (χ0n) is 15.9.